The molecule has 0 spiro atoms. The van der Waals surface area contributed by atoms with Crippen molar-refractivity contribution in [1.82, 2.24) is 4.90 Å². The lowest BCUT2D eigenvalue weighted by molar-refractivity contribution is -0.123. The van der Waals surface area contributed by atoms with Gasteiger partial charge in [0.25, 0.3) is 0 Å². The molecule has 0 bridgehead atoms. The van der Waals surface area contributed by atoms with Crippen LogP contribution in [0.4, 0.5) is 0 Å². The molecule has 4 N–H and O–H groups in total. The van der Waals surface area contributed by atoms with Crippen LogP contribution in [0.3, 0.4) is 0 Å². The Morgan fingerprint density at radius 2 is 2.29 bits per heavy atom. The maximum absolute atomic E-state index is 11.0. The number of primary amides is 1. The van der Waals surface area contributed by atoms with Crippen molar-refractivity contribution in [2.45, 2.75) is 32.2 Å². The molecule has 2 unspecified atom stereocenters. The molecule has 14 heavy (non-hydrogen) atoms. The Balaban J connectivity index is 2.47. The van der Waals surface area contributed by atoms with Gasteiger partial charge in [-0.3, -0.25) is 4.79 Å². The minimum Gasteiger partial charge on any atom is -0.368 e. The van der Waals surface area contributed by atoms with Crippen LogP contribution in [0.25, 0.3) is 0 Å². The highest BCUT2D eigenvalue weighted by molar-refractivity contribution is 5.84. The molecular formula is C10H21N3O. The van der Waals surface area contributed by atoms with E-state index in [1.807, 2.05) is 0 Å². The number of nitrogens with two attached hydrogens (primary N) is 2. The van der Waals surface area contributed by atoms with E-state index in [2.05, 4.69) is 11.8 Å². The van der Waals surface area contributed by atoms with E-state index in [0.29, 0.717) is 12.5 Å². The number of carbonyl (C=O) groups excluding carboxylic acids is 1. The van der Waals surface area contributed by atoms with E-state index >= 15 is 0 Å². The first kappa shape index (κ1) is 11.5. The van der Waals surface area contributed by atoms with Gasteiger partial charge in [0.05, 0.1) is 0 Å². The monoisotopic (exact) mass is 199 g/mol. The predicted octanol–water partition coefficient (Wildman–Crippen LogP) is -0.0790. The predicted molar refractivity (Wildman–Crippen MR) is 56.6 cm³/mol. The van der Waals surface area contributed by atoms with Crippen LogP contribution in [-0.2, 0) is 4.79 Å². The number of likely N-dealkylation sites (tertiary alicyclic amines) is 1. The molecule has 4 heteroatoms. The highest BCUT2D eigenvalue weighted by Crippen LogP contribution is 2.16. The third-order valence-corrected chi connectivity index (χ3v) is 2.86. The van der Waals surface area contributed by atoms with Gasteiger partial charge in [0.1, 0.15) is 5.54 Å². The first-order chi connectivity index (χ1) is 6.42. The zero-order chi connectivity index (χ0) is 10.8. The summed E-state index contributed by atoms with van der Waals surface area (Å²) in [6, 6.07) is 0. The van der Waals surface area contributed by atoms with Gasteiger partial charge in [0.2, 0.25) is 5.91 Å². The number of hydrogen-bond acceptors (Lipinski definition) is 3. The summed E-state index contributed by atoms with van der Waals surface area (Å²) in [4.78, 5) is 13.3. The third kappa shape index (κ3) is 2.96. The summed E-state index contributed by atoms with van der Waals surface area (Å²) < 4.78 is 0. The van der Waals surface area contributed by atoms with E-state index in [0.717, 1.165) is 13.1 Å². The van der Waals surface area contributed by atoms with Crippen molar-refractivity contribution in [3.63, 3.8) is 0 Å². The zero-order valence-electron chi connectivity index (χ0n) is 9.12. The van der Waals surface area contributed by atoms with Gasteiger partial charge in [-0.1, -0.05) is 6.92 Å². The summed E-state index contributed by atoms with van der Waals surface area (Å²) in [7, 11) is 0. The van der Waals surface area contributed by atoms with Crippen LogP contribution in [-0.4, -0.2) is 36.0 Å². The molecule has 0 aromatic heterocycles. The van der Waals surface area contributed by atoms with Crippen LogP contribution < -0.4 is 11.5 Å². The molecule has 0 aliphatic carbocycles. The lowest BCUT2D eigenvalue weighted by Gasteiger charge is -2.35. The maximum atomic E-state index is 11.0. The fourth-order valence-electron chi connectivity index (χ4n) is 1.97. The topological polar surface area (TPSA) is 72.3 Å². The van der Waals surface area contributed by atoms with Gasteiger partial charge in [0, 0.05) is 13.1 Å². The summed E-state index contributed by atoms with van der Waals surface area (Å²) in [5, 5.41) is 0. The normalized spacial score (nSPS) is 28.4. The second-order valence-electron chi connectivity index (χ2n) is 4.76. The molecule has 0 saturated carbocycles. The van der Waals surface area contributed by atoms with Crippen molar-refractivity contribution in [3.8, 4) is 0 Å². The molecule has 1 aliphatic rings. The van der Waals surface area contributed by atoms with Crippen molar-refractivity contribution >= 4 is 5.91 Å². The Kier molecular flexibility index (Phi) is 3.50. The molecule has 1 heterocycles. The standard InChI is InChI=1S/C10H21N3O/c1-8-4-3-5-13(6-8)7-10(2,12)9(11)14/h8H,3-7,12H2,1-2H3,(H2,11,14). The average molecular weight is 199 g/mol. The minimum absolute atomic E-state index is 0.421. The lowest BCUT2D eigenvalue weighted by atomic mass is 9.96. The third-order valence-electron chi connectivity index (χ3n) is 2.86. The first-order valence-corrected chi connectivity index (χ1v) is 5.23. The highest BCUT2D eigenvalue weighted by atomic mass is 16.1. The van der Waals surface area contributed by atoms with E-state index in [9.17, 15) is 4.79 Å². The number of nitrogens with zero attached hydrogens (tertiary/aromatic N) is 1. The molecular weight excluding hydrogens is 178 g/mol. The molecule has 0 aromatic carbocycles. The number of rotatable bonds is 3. The summed E-state index contributed by atoms with van der Waals surface area (Å²) in [6.45, 7) is 6.57. The van der Waals surface area contributed by atoms with Crippen LogP contribution >= 0.6 is 0 Å². The second-order valence-corrected chi connectivity index (χ2v) is 4.76. The van der Waals surface area contributed by atoms with Crippen molar-refractivity contribution < 1.29 is 4.79 Å². The Labute approximate surface area is 85.6 Å². The fraction of sp³-hybridized carbons (Fsp3) is 0.900. The van der Waals surface area contributed by atoms with Crippen molar-refractivity contribution in [2.24, 2.45) is 17.4 Å². The Hall–Kier alpha value is -0.610. The Bertz CT molecular complexity index is 215. The second kappa shape index (κ2) is 4.28. The highest BCUT2D eigenvalue weighted by Gasteiger charge is 2.29. The summed E-state index contributed by atoms with van der Waals surface area (Å²) in [5.74, 6) is 0.281. The minimum atomic E-state index is -0.892. The Morgan fingerprint density at radius 3 is 2.79 bits per heavy atom. The summed E-state index contributed by atoms with van der Waals surface area (Å²) >= 11 is 0. The SMILES string of the molecule is CC1CCCN(CC(C)(N)C(N)=O)C1. The quantitative estimate of drug-likeness (QED) is 0.668. The van der Waals surface area contributed by atoms with E-state index < -0.39 is 11.4 Å². The number of carbonyl (C=O) groups is 1. The fourth-order valence-corrected chi connectivity index (χ4v) is 1.97. The zero-order valence-corrected chi connectivity index (χ0v) is 9.12. The van der Waals surface area contributed by atoms with Crippen LogP contribution in [0.2, 0.25) is 0 Å². The van der Waals surface area contributed by atoms with Gasteiger partial charge in [-0.05, 0) is 32.2 Å². The van der Waals surface area contributed by atoms with Crippen LogP contribution in [0.1, 0.15) is 26.7 Å². The molecule has 1 amide bonds. The average Bonchev–Trinajstić information content (AvgIpc) is 2.02. The largest absolute Gasteiger partial charge is 0.368 e. The van der Waals surface area contributed by atoms with E-state index in [4.69, 9.17) is 11.5 Å². The van der Waals surface area contributed by atoms with Gasteiger partial charge in [0.15, 0.2) is 0 Å². The van der Waals surface area contributed by atoms with Gasteiger partial charge in [-0.15, -0.1) is 0 Å². The van der Waals surface area contributed by atoms with E-state index in [-0.39, 0.29) is 0 Å². The molecule has 82 valence electrons. The molecule has 2 atom stereocenters. The van der Waals surface area contributed by atoms with Crippen LogP contribution in [0.15, 0.2) is 0 Å². The first-order valence-electron chi connectivity index (χ1n) is 5.23. The number of piperidine rings is 1. The van der Waals surface area contributed by atoms with Crippen molar-refractivity contribution in [1.29, 1.82) is 0 Å². The number of hydrogen-bond donors (Lipinski definition) is 2. The van der Waals surface area contributed by atoms with Gasteiger partial charge < -0.3 is 16.4 Å². The molecule has 0 aromatic rings. The molecule has 1 aliphatic heterocycles. The van der Waals surface area contributed by atoms with E-state index in [1.54, 1.807) is 6.92 Å². The Morgan fingerprint density at radius 1 is 1.64 bits per heavy atom. The summed E-state index contributed by atoms with van der Waals surface area (Å²) in [5.41, 5.74) is 10.2. The summed E-state index contributed by atoms with van der Waals surface area (Å²) in [6.07, 6.45) is 2.46. The van der Waals surface area contributed by atoms with Crippen molar-refractivity contribution in [3.05, 3.63) is 0 Å². The number of amides is 1. The molecule has 1 fully saturated rings. The van der Waals surface area contributed by atoms with Crippen LogP contribution in [0, 0.1) is 5.92 Å². The van der Waals surface area contributed by atoms with Gasteiger partial charge >= 0.3 is 0 Å². The lowest BCUT2D eigenvalue weighted by Crippen LogP contribution is -2.57. The van der Waals surface area contributed by atoms with E-state index in [1.165, 1.54) is 12.8 Å². The van der Waals surface area contributed by atoms with Gasteiger partial charge in [-0.2, -0.15) is 0 Å². The van der Waals surface area contributed by atoms with Gasteiger partial charge in [-0.25, -0.2) is 0 Å². The maximum Gasteiger partial charge on any atom is 0.238 e. The molecule has 0 radical (unpaired) electrons. The molecule has 4 nitrogen and oxygen atoms in total. The smallest absolute Gasteiger partial charge is 0.238 e. The molecule has 1 saturated heterocycles. The van der Waals surface area contributed by atoms with Crippen molar-refractivity contribution in [2.75, 3.05) is 19.6 Å². The van der Waals surface area contributed by atoms with Crippen LogP contribution in [0.5, 0.6) is 0 Å². The molecule has 1 rings (SSSR count).